The van der Waals surface area contributed by atoms with Crippen LogP contribution in [0, 0.1) is 5.41 Å². The molecule has 2 fully saturated rings. The van der Waals surface area contributed by atoms with Crippen LogP contribution in [0.25, 0.3) is 0 Å². The van der Waals surface area contributed by atoms with Gasteiger partial charge < -0.3 is 5.32 Å². The van der Waals surface area contributed by atoms with E-state index in [2.05, 4.69) is 29.6 Å². The fourth-order valence-electron chi connectivity index (χ4n) is 3.41. The summed E-state index contributed by atoms with van der Waals surface area (Å²) >= 11 is 0. The van der Waals surface area contributed by atoms with E-state index in [-0.39, 0.29) is 17.4 Å². The van der Waals surface area contributed by atoms with Crippen molar-refractivity contribution in [3.63, 3.8) is 0 Å². The third-order valence-corrected chi connectivity index (χ3v) is 4.16. The van der Waals surface area contributed by atoms with E-state index in [1.165, 1.54) is 31.2 Å². The summed E-state index contributed by atoms with van der Waals surface area (Å²) in [6, 6.07) is 10.7. The van der Waals surface area contributed by atoms with Crippen molar-refractivity contribution in [2.24, 2.45) is 5.41 Å². The van der Waals surface area contributed by atoms with Gasteiger partial charge in [0.25, 0.3) is 0 Å². The first kappa shape index (κ1) is 9.88. The summed E-state index contributed by atoms with van der Waals surface area (Å²) in [4.78, 5) is 11.7. The van der Waals surface area contributed by atoms with Crippen LogP contribution in [-0.2, 0) is 4.79 Å². The highest BCUT2D eigenvalue weighted by Crippen LogP contribution is 2.53. The highest BCUT2D eigenvalue weighted by molar-refractivity contribution is 5.80. The minimum atomic E-state index is 0.221. The van der Waals surface area contributed by atoms with Gasteiger partial charge in [-0.25, -0.2) is 0 Å². The number of benzene rings is 1. The number of hydrogen-bond donors (Lipinski definition) is 1. The average molecular weight is 215 g/mol. The zero-order chi connectivity index (χ0) is 11.0. The van der Waals surface area contributed by atoms with E-state index in [9.17, 15) is 4.79 Å². The highest BCUT2D eigenvalue weighted by atomic mass is 16.2. The Morgan fingerprint density at radius 3 is 2.50 bits per heavy atom. The van der Waals surface area contributed by atoms with Crippen LogP contribution in [0.2, 0.25) is 0 Å². The van der Waals surface area contributed by atoms with Gasteiger partial charge in [0.2, 0.25) is 5.91 Å². The molecule has 0 aromatic heterocycles. The molecular weight excluding hydrogens is 198 g/mol. The van der Waals surface area contributed by atoms with Crippen molar-refractivity contribution in [2.75, 3.05) is 0 Å². The van der Waals surface area contributed by atoms with Crippen LogP contribution in [0.5, 0.6) is 0 Å². The summed E-state index contributed by atoms with van der Waals surface area (Å²) in [5.74, 6) is 0.232. The first-order valence-corrected chi connectivity index (χ1v) is 6.15. The summed E-state index contributed by atoms with van der Waals surface area (Å²) in [7, 11) is 0. The summed E-state index contributed by atoms with van der Waals surface area (Å²) in [6.45, 7) is 0. The van der Waals surface area contributed by atoms with Crippen LogP contribution in [-0.4, -0.2) is 5.91 Å². The molecule has 16 heavy (non-hydrogen) atoms. The Kier molecular flexibility index (Phi) is 2.23. The molecule has 1 aliphatic carbocycles. The zero-order valence-electron chi connectivity index (χ0n) is 9.41. The molecule has 1 N–H and O–H groups in total. The SMILES string of the molecule is O=C1CC2(CCCC2)C(c2ccccc2)N1. The van der Waals surface area contributed by atoms with Crippen LogP contribution in [0.3, 0.4) is 0 Å². The minimum absolute atomic E-state index is 0.221. The van der Waals surface area contributed by atoms with E-state index in [1.54, 1.807) is 0 Å². The molecule has 2 aliphatic rings. The summed E-state index contributed by atoms with van der Waals surface area (Å²) in [6.07, 6.45) is 5.68. The third-order valence-electron chi connectivity index (χ3n) is 4.16. The lowest BCUT2D eigenvalue weighted by atomic mass is 9.76. The third kappa shape index (κ3) is 1.44. The van der Waals surface area contributed by atoms with Crippen molar-refractivity contribution >= 4 is 5.91 Å². The molecule has 84 valence electrons. The van der Waals surface area contributed by atoms with E-state index in [4.69, 9.17) is 0 Å². The van der Waals surface area contributed by atoms with Gasteiger partial charge in [0.1, 0.15) is 0 Å². The average Bonchev–Trinajstić information content (AvgIpc) is 2.89. The van der Waals surface area contributed by atoms with Gasteiger partial charge in [0, 0.05) is 11.8 Å². The lowest BCUT2D eigenvalue weighted by molar-refractivity contribution is -0.119. The smallest absolute Gasteiger partial charge is 0.221 e. The predicted octanol–water partition coefficient (Wildman–Crippen LogP) is 2.81. The highest BCUT2D eigenvalue weighted by Gasteiger charge is 2.48. The molecule has 1 aromatic rings. The first-order valence-electron chi connectivity index (χ1n) is 6.15. The van der Waals surface area contributed by atoms with Crippen LogP contribution in [0.1, 0.15) is 43.7 Å². The van der Waals surface area contributed by atoms with Gasteiger partial charge in [-0.05, 0) is 18.4 Å². The predicted molar refractivity (Wildman–Crippen MR) is 62.8 cm³/mol. The summed E-state index contributed by atoms with van der Waals surface area (Å²) in [5.41, 5.74) is 1.49. The molecule has 0 bridgehead atoms. The molecule has 0 radical (unpaired) electrons. The quantitative estimate of drug-likeness (QED) is 0.766. The minimum Gasteiger partial charge on any atom is -0.349 e. The van der Waals surface area contributed by atoms with E-state index in [0.717, 1.165) is 6.42 Å². The monoisotopic (exact) mass is 215 g/mol. The van der Waals surface area contributed by atoms with Crippen LogP contribution >= 0.6 is 0 Å². The second-order valence-electron chi connectivity index (χ2n) is 5.16. The van der Waals surface area contributed by atoms with Gasteiger partial charge >= 0.3 is 0 Å². The molecule has 2 heteroatoms. The van der Waals surface area contributed by atoms with Crippen LogP contribution < -0.4 is 5.32 Å². The number of carbonyl (C=O) groups is 1. The molecular formula is C14H17NO. The maximum atomic E-state index is 11.7. The second-order valence-corrected chi connectivity index (χ2v) is 5.16. The maximum Gasteiger partial charge on any atom is 0.221 e. The first-order chi connectivity index (χ1) is 7.80. The van der Waals surface area contributed by atoms with Crippen LogP contribution in [0.15, 0.2) is 30.3 Å². The lowest BCUT2D eigenvalue weighted by Gasteiger charge is -2.29. The van der Waals surface area contributed by atoms with E-state index >= 15 is 0 Å². The molecule has 1 saturated carbocycles. The number of carbonyl (C=O) groups excluding carboxylic acids is 1. The van der Waals surface area contributed by atoms with Gasteiger partial charge in [-0.1, -0.05) is 43.2 Å². The Hall–Kier alpha value is -1.31. The van der Waals surface area contributed by atoms with E-state index < -0.39 is 0 Å². The standard InChI is InChI=1S/C14H17NO/c16-12-10-14(8-4-5-9-14)13(15-12)11-6-2-1-3-7-11/h1-3,6-7,13H,4-5,8-10H2,(H,15,16). The maximum absolute atomic E-state index is 11.7. The van der Waals surface area contributed by atoms with Crippen molar-refractivity contribution in [1.29, 1.82) is 0 Å². The van der Waals surface area contributed by atoms with Gasteiger partial charge in [-0.2, -0.15) is 0 Å². The van der Waals surface area contributed by atoms with E-state index in [1.807, 2.05) is 6.07 Å². The number of amides is 1. The summed E-state index contributed by atoms with van der Waals surface area (Å²) < 4.78 is 0. The number of hydrogen-bond acceptors (Lipinski definition) is 1. The number of rotatable bonds is 1. The Morgan fingerprint density at radius 2 is 1.81 bits per heavy atom. The van der Waals surface area contributed by atoms with Gasteiger partial charge in [-0.3, -0.25) is 4.79 Å². The lowest BCUT2D eigenvalue weighted by Crippen LogP contribution is -2.26. The Labute approximate surface area is 96.1 Å². The van der Waals surface area contributed by atoms with Gasteiger partial charge in [0.15, 0.2) is 0 Å². The Morgan fingerprint density at radius 1 is 1.12 bits per heavy atom. The van der Waals surface area contributed by atoms with Crippen molar-refractivity contribution in [1.82, 2.24) is 5.32 Å². The molecule has 2 nitrogen and oxygen atoms in total. The Balaban J connectivity index is 1.96. The van der Waals surface area contributed by atoms with Crippen molar-refractivity contribution in [2.45, 2.75) is 38.1 Å². The molecule has 3 rings (SSSR count). The topological polar surface area (TPSA) is 29.1 Å². The van der Waals surface area contributed by atoms with Gasteiger partial charge in [-0.15, -0.1) is 0 Å². The molecule has 1 aromatic carbocycles. The van der Waals surface area contributed by atoms with Crippen LogP contribution in [0.4, 0.5) is 0 Å². The normalized spacial score (nSPS) is 27.2. The second kappa shape index (κ2) is 3.62. The molecule has 1 saturated heterocycles. The molecule has 1 amide bonds. The largest absolute Gasteiger partial charge is 0.349 e. The van der Waals surface area contributed by atoms with Gasteiger partial charge in [0.05, 0.1) is 6.04 Å². The molecule has 1 unspecified atom stereocenters. The molecule has 1 aliphatic heterocycles. The zero-order valence-corrected chi connectivity index (χ0v) is 9.41. The fourth-order valence-corrected chi connectivity index (χ4v) is 3.41. The molecule has 1 atom stereocenters. The van der Waals surface area contributed by atoms with E-state index in [0.29, 0.717) is 0 Å². The molecule has 1 heterocycles. The molecule has 1 spiro atoms. The Bertz CT molecular complexity index is 392. The fraction of sp³-hybridized carbons (Fsp3) is 0.500. The van der Waals surface area contributed by atoms with Crippen molar-refractivity contribution in [3.8, 4) is 0 Å². The number of nitrogens with one attached hydrogen (secondary N) is 1. The van der Waals surface area contributed by atoms with Crippen molar-refractivity contribution in [3.05, 3.63) is 35.9 Å². The summed E-state index contributed by atoms with van der Waals surface area (Å²) in [5, 5.41) is 3.16. The van der Waals surface area contributed by atoms with Crippen molar-refractivity contribution < 1.29 is 4.79 Å².